The lowest BCUT2D eigenvalue weighted by Gasteiger charge is -2.27. The zero-order valence-corrected chi connectivity index (χ0v) is 13.7. The molecule has 1 aliphatic rings. The number of hydrogen-bond donors (Lipinski definition) is 3. The molecule has 0 spiro atoms. The number of aliphatic imine (C=N–C) groups is 1. The van der Waals surface area contributed by atoms with Crippen LogP contribution in [0.4, 0.5) is 0 Å². The van der Waals surface area contributed by atoms with E-state index in [2.05, 4.69) is 15.6 Å². The van der Waals surface area contributed by atoms with E-state index in [1.54, 1.807) is 7.05 Å². The third-order valence-corrected chi connectivity index (χ3v) is 3.75. The van der Waals surface area contributed by atoms with Crippen LogP contribution in [-0.2, 0) is 9.47 Å². The molecule has 6 heteroatoms. The SMILES string of the molecule is CN=C(NCCCOC(C)C)NCC1(CCO)CCOC1. The zero-order valence-electron chi connectivity index (χ0n) is 13.7. The zero-order chi connectivity index (χ0) is 15.6. The molecule has 1 rings (SSSR count). The number of aliphatic hydroxyl groups excluding tert-OH is 1. The van der Waals surface area contributed by atoms with E-state index in [9.17, 15) is 5.11 Å². The Morgan fingerprint density at radius 3 is 2.81 bits per heavy atom. The predicted octanol–water partition coefficient (Wildman–Crippen LogP) is 0.756. The van der Waals surface area contributed by atoms with Crippen LogP contribution in [0.25, 0.3) is 0 Å². The molecule has 1 saturated heterocycles. The Bertz CT molecular complexity index is 303. The van der Waals surface area contributed by atoms with Crippen molar-refractivity contribution in [2.24, 2.45) is 10.4 Å². The van der Waals surface area contributed by atoms with Crippen molar-refractivity contribution < 1.29 is 14.6 Å². The van der Waals surface area contributed by atoms with Gasteiger partial charge >= 0.3 is 0 Å². The number of rotatable bonds is 9. The van der Waals surface area contributed by atoms with E-state index >= 15 is 0 Å². The Morgan fingerprint density at radius 2 is 2.24 bits per heavy atom. The summed E-state index contributed by atoms with van der Waals surface area (Å²) in [6.45, 7) is 8.12. The average Bonchev–Trinajstić information content (AvgIpc) is 2.91. The normalized spacial score (nSPS) is 22.8. The fourth-order valence-electron chi connectivity index (χ4n) is 2.40. The maximum Gasteiger partial charge on any atom is 0.190 e. The van der Waals surface area contributed by atoms with Gasteiger partial charge in [-0.05, 0) is 33.1 Å². The van der Waals surface area contributed by atoms with Crippen molar-refractivity contribution in [2.45, 2.75) is 39.2 Å². The molecule has 0 radical (unpaired) electrons. The number of hydrogen-bond acceptors (Lipinski definition) is 4. The van der Waals surface area contributed by atoms with E-state index in [-0.39, 0.29) is 18.1 Å². The maximum absolute atomic E-state index is 9.22. The van der Waals surface area contributed by atoms with E-state index in [0.717, 1.165) is 51.5 Å². The highest BCUT2D eigenvalue weighted by Crippen LogP contribution is 2.31. The summed E-state index contributed by atoms with van der Waals surface area (Å²) in [5.41, 5.74) is 0.0348. The molecule has 0 aromatic heterocycles. The van der Waals surface area contributed by atoms with Crippen molar-refractivity contribution in [3.05, 3.63) is 0 Å². The van der Waals surface area contributed by atoms with E-state index in [1.165, 1.54) is 0 Å². The molecule has 1 atom stereocenters. The topological polar surface area (TPSA) is 75.1 Å². The minimum Gasteiger partial charge on any atom is -0.396 e. The number of nitrogens with zero attached hydrogens (tertiary/aromatic N) is 1. The third-order valence-electron chi connectivity index (χ3n) is 3.75. The molecule has 0 aromatic rings. The van der Waals surface area contributed by atoms with Gasteiger partial charge < -0.3 is 25.2 Å². The van der Waals surface area contributed by atoms with Crippen LogP contribution in [-0.4, -0.2) is 63.7 Å². The minimum absolute atomic E-state index is 0.0348. The molecule has 1 fully saturated rings. The number of guanidine groups is 1. The smallest absolute Gasteiger partial charge is 0.190 e. The highest BCUT2D eigenvalue weighted by Gasteiger charge is 2.34. The molecule has 0 bridgehead atoms. The second kappa shape index (κ2) is 9.97. The summed E-state index contributed by atoms with van der Waals surface area (Å²) in [7, 11) is 1.77. The molecule has 0 saturated carbocycles. The van der Waals surface area contributed by atoms with Gasteiger partial charge in [0.2, 0.25) is 0 Å². The molecular weight excluding hydrogens is 270 g/mol. The Balaban J connectivity index is 2.24. The van der Waals surface area contributed by atoms with Crippen molar-refractivity contribution in [3.63, 3.8) is 0 Å². The molecule has 6 nitrogen and oxygen atoms in total. The van der Waals surface area contributed by atoms with Crippen LogP contribution < -0.4 is 10.6 Å². The standard InChI is InChI=1S/C15H31N3O3/c1-13(2)21-9-4-7-17-14(16-3)18-11-15(5-8-19)6-10-20-12-15/h13,19H,4-12H2,1-3H3,(H2,16,17,18). The van der Waals surface area contributed by atoms with Crippen molar-refractivity contribution in [2.75, 3.05) is 46.6 Å². The summed E-state index contributed by atoms with van der Waals surface area (Å²) in [6.07, 6.45) is 2.98. The van der Waals surface area contributed by atoms with E-state index in [4.69, 9.17) is 9.47 Å². The average molecular weight is 301 g/mol. The van der Waals surface area contributed by atoms with Crippen molar-refractivity contribution in [3.8, 4) is 0 Å². The van der Waals surface area contributed by atoms with Crippen molar-refractivity contribution in [1.29, 1.82) is 0 Å². The lowest BCUT2D eigenvalue weighted by molar-refractivity contribution is 0.0776. The third kappa shape index (κ3) is 7.11. The van der Waals surface area contributed by atoms with Gasteiger partial charge in [0, 0.05) is 45.4 Å². The van der Waals surface area contributed by atoms with Crippen LogP contribution in [0.15, 0.2) is 4.99 Å². The summed E-state index contributed by atoms with van der Waals surface area (Å²) in [5.74, 6) is 0.795. The van der Waals surface area contributed by atoms with Gasteiger partial charge in [0.05, 0.1) is 12.7 Å². The van der Waals surface area contributed by atoms with Crippen LogP contribution in [0.5, 0.6) is 0 Å². The quantitative estimate of drug-likeness (QED) is 0.333. The van der Waals surface area contributed by atoms with Gasteiger partial charge in [0.25, 0.3) is 0 Å². The molecule has 1 heterocycles. The van der Waals surface area contributed by atoms with E-state index in [0.29, 0.717) is 6.61 Å². The van der Waals surface area contributed by atoms with Crippen molar-refractivity contribution >= 4 is 5.96 Å². The van der Waals surface area contributed by atoms with Gasteiger partial charge in [-0.1, -0.05) is 0 Å². The molecule has 1 unspecified atom stereocenters. The number of nitrogens with one attached hydrogen (secondary N) is 2. The van der Waals surface area contributed by atoms with Crippen LogP contribution in [0, 0.1) is 5.41 Å². The van der Waals surface area contributed by atoms with Gasteiger partial charge in [-0.25, -0.2) is 0 Å². The number of aliphatic hydroxyl groups is 1. The van der Waals surface area contributed by atoms with E-state index in [1.807, 2.05) is 13.8 Å². The largest absolute Gasteiger partial charge is 0.396 e. The molecule has 1 aliphatic heterocycles. The highest BCUT2D eigenvalue weighted by atomic mass is 16.5. The summed E-state index contributed by atoms with van der Waals surface area (Å²) in [5, 5.41) is 15.8. The molecule has 21 heavy (non-hydrogen) atoms. The molecule has 3 N–H and O–H groups in total. The molecular formula is C15H31N3O3. The van der Waals surface area contributed by atoms with Crippen LogP contribution >= 0.6 is 0 Å². The lowest BCUT2D eigenvalue weighted by Crippen LogP contribution is -2.44. The molecule has 0 aliphatic carbocycles. The van der Waals surface area contributed by atoms with E-state index < -0.39 is 0 Å². The predicted molar refractivity (Wildman–Crippen MR) is 84.6 cm³/mol. The first-order chi connectivity index (χ1) is 10.1. The minimum atomic E-state index is 0.0348. The van der Waals surface area contributed by atoms with Gasteiger partial charge in [0.15, 0.2) is 5.96 Å². The summed E-state index contributed by atoms with van der Waals surface area (Å²) >= 11 is 0. The molecule has 0 amide bonds. The van der Waals surface area contributed by atoms with Crippen LogP contribution in [0.3, 0.4) is 0 Å². The fourth-order valence-corrected chi connectivity index (χ4v) is 2.40. The summed E-state index contributed by atoms with van der Waals surface area (Å²) in [4.78, 5) is 4.22. The lowest BCUT2D eigenvalue weighted by atomic mass is 9.84. The Hall–Kier alpha value is -0.850. The van der Waals surface area contributed by atoms with Gasteiger partial charge in [0.1, 0.15) is 0 Å². The Morgan fingerprint density at radius 1 is 1.43 bits per heavy atom. The monoisotopic (exact) mass is 301 g/mol. The maximum atomic E-state index is 9.22. The Labute approximate surface area is 128 Å². The van der Waals surface area contributed by atoms with Gasteiger partial charge in [-0.3, -0.25) is 4.99 Å². The van der Waals surface area contributed by atoms with Crippen LogP contribution in [0.2, 0.25) is 0 Å². The first-order valence-corrected chi connectivity index (χ1v) is 7.86. The molecule has 0 aromatic carbocycles. The first kappa shape index (κ1) is 18.2. The second-order valence-corrected chi connectivity index (χ2v) is 5.90. The molecule has 124 valence electrons. The summed E-state index contributed by atoms with van der Waals surface area (Å²) < 4.78 is 11.0. The fraction of sp³-hybridized carbons (Fsp3) is 0.933. The summed E-state index contributed by atoms with van der Waals surface area (Å²) in [6, 6.07) is 0. The highest BCUT2D eigenvalue weighted by molar-refractivity contribution is 5.79. The van der Waals surface area contributed by atoms with Crippen molar-refractivity contribution in [1.82, 2.24) is 10.6 Å². The number of ether oxygens (including phenoxy) is 2. The Kier molecular flexibility index (Phi) is 8.64. The second-order valence-electron chi connectivity index (χ2n) is 5.90. The first-order valence-electron chi connectivity index (χ1n) is 7.86. The van der Waals surface area contributed by atoms with Crippen LogP contribution in [0.1, 0.15) is 33.1 Å². The van der Waals surface area contributed by atoms with Gasteiger partial charge in [-0.15, -0.1) is 0 Å². The van der Waals surface area contributed by atoms with Gasteiger partial charge in [-0.2, -0.15) is 0 Å².